The molecule has 0 amide bonds. The van der Waals surface area contributed by atoms with Crippen LogP contribution in [-0.2, 0) is 13.0 Å². The van der Waals surface area contributed by atoms with E-state index in [9.17, 15) is 5.26 Å². The van der Waals surface area contributed by atoms with E-state index in [0.29, 0.717) is 18.7 Å². The van der Waals surface area contributed by atoms with Gasteiger partial charge in [0.05, 0.1) is 17.7 Å². The van der Waals surface area contributed by atoms with Crippen LogP contribution in [0.1, 0.15) is 22.7 Å². The van der Waals surface area contributed by atoms with Crippen LogP contribution >= 0.6 is 0 Å². The van der Waals surface area contributed by atoms with Gasteiger partial charge >= 0.3 is 0 Å². The number of nitrogens with two attached hydrogens (primary N) is 1. The molecule has 0 bridgehead atoms. The number of aromatic nitrogens is 3. The normalized spacial score (nSPS) is 11.3. The molecule has 0 aliphatic heterocycles. The summed E-state index contributed by atoms with van der Waals surface area (Å²) >= 11 is 0. The Hall–Kier alpha value is -4.44. The molecule has 0 saturated heterocycles. The highest BCUT2D eigenvalue weighted by Gasteiger charge is 2.15. The van der Waals surface area contributed by atoms with Crippen molar-refractivity contribution in [3.63, 3.8) is 0 Å². The van der Waals surface area contributed by atoms with Crippen molar-refractivity contribution in [1.29, 1.82) is 5.26 Å². The lowest BCUT2D eigenvalue weighted by atomic mass is 9.91. The van der Waals surface area contributed by atoms with E-state index in [2.05, 4.69) is 74.3 Å². The van der Waals surface area contributed by atoms with E-state index in [1.165, 1.54) is 16.0 Å². The van der Waals surface area contributed by atoms with Crippen LogP contribution in [0.25, 0.3) is 0 Å². The molecule has 2 aromatic heterocycles. The SMILES string of the molecule is N#CN(CCc1cn(CC(c2ccccc2)c2ccccc2)cn1)/C(N)=N/c1ccncc1. The second-order valence-corrected chi connectivity index (χ2v) is 7.61. The first-order valence-corrected chi connectivity index (χ1v) is 10.7. The van der Waals surface area contributed by atoms with Gasteiger partial charge in [-0.1, -0.05) is 60.7 Å². The average Bonchev–Trinajstić information content (AvgIpc) is 3.32. The summed E-state index contributed by atoms with van der Waals surface area (Å²) in [5, 5.41) is 9.51. The first-order valence-electron chi connectivity index (χ1n) is 10.7. The van der Waals surface area contributed by atoms with Crippen molar-refractivity contribution in [3.8, 4) is 6.19 Å². The molecular formula is C26H25N7. The van der Waals surface area contributed by atoms with E-state index < -0.39 is 0 Å². The van der Waals surface area contributed by atoms with Gasteiger partial charge in [0.25, 0.3) is 0 Å². The molecule has 0 radical (unpaired) electrons. The Morgan fingerprint density at radius 1 is 1.00 bits per heavy atom. The molecule has 2 heterocycles. The number of nitrogens with zero attached hydrogens (tertiary/aromatic N) is 6. The molecular weight excluding hydrogens is 410 g/mol. The number of imidazole rings is 1. The van der Waals surface area contributed by atoms with Gasteiger partial charge in [0, 0.05) is 44.0 Å². The molecule has 33 heavy (non-hydrogen) atoms. The van der Waals surface area contributed by atoms with Gasteiger partial charge in [0.1, 0.15) is 0 Å². The van der Waals surface area contributed by atoms with Crippen molar-refractivity contribution in [3.05, 3.63) is 115 Å². The summed E-state index contributed by atoms with van der Waals surface area (Å²) in [6.07, 6.45) is 9.82. The molecule has 0 aliphatic rings. The van der Waals surface area contributed by atoms with Gasteiger partial charge in [-0.3, -0.25) is 4.98 Å². The summed E-state index contributed by atoms with van der Waals surface area (Å²) in [4.78, 5) is 14.2. The molecule has 0 atom stereocenters. The predicted molar refractivity (Wildman–Crippen MR) is 128 cm³/mol. The summed E-state index contributed by atoms with van der Waals surface area (Å²) in [6, 6.07) is 24.4. The fourth-order valence-electron chi connectivity index (χ4n) is 3.67. The molecule has 2 aromatic carbocycles. The fraction of sp³-hybridized carbons (Fsp3) is 0.154. The fourth-order valence-corrected chi connectivity index (χ4v) is 3.67. The highest BCUT2D eigenvalue weighted by molar-refractivity contribution is 5.82. The van der Waals surface area contributed by atoms with Crippen molar-refractivity contribution in [2.75, 3.05) is 6.54 Å². The quantitative estimate of drug-likeness (QED) is 0.195. The van der Waals surface area contributed by atoms with E-state index in [4.69, 9.17) is 5.73 Å². The van der Waals surface area contributed by atoms with Crippen LogP contribution in [0.2, 0.25) is 0 Å². The smallest absolute Gasteiger partial charge is 0.209 e. The minimum atomic E-state index is 0.149. The Morgan fingerprint density at radius 2 is 1.64 bits per heavy atom. The number of nitriles is 1. The van der Waals surface area contributed by atoms with Gasteiger partial charge < -0.3 is 10.3 Å². The molecule has 7 heteroatoms. The van der Waals surface area contributed by atoms with E-state index in [1.807, 2.05) is 24.7 Å². The second kappa shape index (κ2) is 10.7. The van der Waals surface area contributed by atoms with Crippen molar-refractivity contribution in [2.45, 2.75) is 18.9 Å². The average molecular weight is 436 g/mol. The summed E-state index contributed by atoms with van der Waals surface area (Å²) in [5.74, 6) is 0.365. The Morgan fingerprint density at radius 3 is 2.24 bits per heavy atom. The summed E-state index contributed by atoms with van der Waals surface area (Å²) in [7, 11) is 0. The van der Waals surface area contributed by atoms with Crippen LogP contribution in [0.15, 0.2) is 103 Å². The zero-order chi connectivity index (χ0) is 22.9. The summed E-state index contributed by atoms with van der Waals surface area (Å²) in [5.41, 5.74) is 10.1. The zero-order valence-electron chi connectivity index (χ0n) is 18.2. The second-order valence-electron chi connectivity index (χ2n) is 7.61. The van der Waals surface area contributed by atoms with Crippen LogP contribution in [-0.4, -0.2) is 31.9 Å². The third-order valence-corrected chi connectivity index (χ3v) is 5.38. The van der Waals surface area contributed by atoms with Crippen LogP contribution in [0.4, 0.5) is 5.69 Å². The molecule has 4 rings (SSSR count). The van der Waals surface area contributed by atoms with Gasteiger partial charge in [-0.2, -0.15) is 5.26 Å². The van der Waals surface area contributed by atoms with Crippen LogP contribution in [0, 0.1) is 11.5 Å². The first-order chi connectivity index (χ1) is 16.2. The number of hydrogen-bond donors (Lipinski definition) is 1. The number of rotatable bonds is 8. The monoisotopic (exact) mass is 435 g/mol. The third-order valence-electron chi connectivity index (χ3n) is 5.38. The van der Waals surface area contributed by atoms with Crippen LogP contribution in [0.3, 0.4) is 0 Å². The molecule has 0 spiro atoms. The Labute approximate surface area is 193 Å². The van der Waals surface area contributed by atoms with Crippen molar-refractivity contribution >= 4 is 11.6 Å². The third kappa shape index (κ3) is 5.83. The van der Waals surface area contributed by atoms with Gasteiger partial charge in [-0.15, -0.1) is 0 Å². The standard InChI is InChI=1S/C26H25N7/c27-19-33(26(28)31-23-11-14-29-15-12-23)16-13-24-17-32(20-30-24)18-25(21-7-3-1-4-8-21)22-9-5-2-6-10-22/h1-12,14-15,17,20,25H,13,16,18H2,(H2,28,29,31). The van der Waals surface area contributed by atoms with Gasteiger partial charge in [-0.05, 0) is 23.3 Å². The van der Waals surface area contributed by atoms with Gasteiger partial charge in [-0.25, -0.2) is 14.9 Å². The van der Waals surface area contributed by atoms with Crippen molar-refractivity contribution < 1.29 is 0 Å². The van der Waals surface area contributed by atoms with Gasteiger partial charge in [0.2, 0.25) is 5.96 Å². The number of benzene rings is 2. The predicted octanol–water partition coefficient (Wildman–Crippen LogP) is 4.08. The molecule has 0 fully saturated rings. The van der Waals surface area contributed by atoms with E-state index in [1.54, 1.807) is 24.5 Å². The molecule has 4 aromatic rings. The van der Waals surface area contributed by atoms with Crippen molar-refractivity contribution in [1.82, 2.24) is 19.4 Å². The number of aliphatic imine (C=N–C) groups is 1. The summed E-state index contributed by atoms with van der Waals surface area (Å²) < 4.78 is 2.10. The first kappa shape index (κ1) is 21.8. The topological polar surface area (TPSA) is 96.1 Å². The number of guanidine groups is 1. The maximum absolute atomic E-state index is 9.51. The lowest BCUT2D eigenvalue weighted by Crippen LogP contribution is -2.34. The summed E-state index contributed by atoms with van der Waals surface area (Å²) in [6.45, 7) is 1.17. The molecule has 0 aliphatic carbocycles. The Kier molecular flexibility index (Phi) is 7.08. The van der Waals surface area contributed by atoms with Crippen LogP contribution < -0.4 is 5.73 Å². The minimum Gasteiger partial charge on any atom is -0.369 e. The van der Waals surface area contributed by atoms with Crippen molar-refractivity contribution in [2.24, 2.45) is 10.7 Å². The molecule has 0 saturated carbocycles. The van der Waals surface area contributed by atoms with Gasteiger partial charge in [0.15, 0.2) is 6.19 Å². The number of pyridine rings is 1. The van der Waals surface area contributed by atoms with E-state index in [-0.39, 0.29) is 11.9 Å². The molecule has 7 nitrogen and oxygen atoms in total. The minimum absolute atomic E-state index is 0.149. The zero-order valence-corrected chi connectivity index (χ0v) is 18.2. The molecule has 0 unspecified atom stereocenters. The Bertz CT molecular complexity index is 1170. The largest absolute Gasteiger partial charge is 0.369 e. The van der Waals surface area contributed by atoms with Crippen LogP contribution in [0.5, 0.6) is 0 Å². The molecule has 164 valence electrons. The van der Waals surface area contributed by atoms with E-state index >= 15 is 0 Å². The lowest BCUT2D eigenvalue weighted by molar-refractivity contribution is 0.564. The maximum Gasteiger partial charge on any atom is 0.209 e. The highest BCUT2D eigenvalue weighted by Crippen LogP contribution is 2.26. The maximum atomic E-state index is 9.51. The lowest BCUT2D eigenvalue weighted by Gasteiger charge is -2.18. The van der Waals surface area contributed by atoms with E-state index in [0.717, 1.165) is 12.2 Å². The highest BCUT2D eigenvalue weighted by atomic mass is 15.2. The Balaban J connectivity index is 1.44. The molecule has 2 N–H and O–H groups in total. The number of hydrogen-bond acceptors (Lipinski definition) is 4.